The number of hydrogen-bond acceptors (Lipinski definition) is 2. The third-order valence-electron chi connectivity index (χ3n) is 0.838. The molecule has 1 aromatic heterocycles. The standard InChI is InChI=1S/C6H7O2/c1-5-3-4-6(7-2)8-5/h3-4H,1H2,2H3. The molecule has 2 nitrogen and oxygen atoms in total. The largest absolute Gasteiger partial charge is 0.468 e. The summed E-state index contributed by atoms with van der Waals surface area (Å²) in [4.78, 5) is 0. The first-order valence-corrected chi connectivity index (χ1v) is 2.28. The van der Waals surface area contributed by atoms with Crippen LogP contribution in [0.1, 0.15) is 5.76 Å². The van der Waals surface area contributed by atoms with E-state index >= 15 is 0 Å². The molecule has 1 aromatic rings. The predicted octanol–water partition coefficient (Wildman–Crippen LogP) is 1.47. The maximum Gasteiger partial charge on any atom is 0.284 e. The van der Waals surface area contributed by atoms with Crippen LogP contribution in [0.2, 0.25) is 0 Å². The van der Waals surface area contributed by atoms with Crippen molar-refractivity contribution < 1.29 is 9.15 Å². The molecule has 8 heavy (non-hydrogen) atoms. The third-order valence-corrected chi connectivity index (χ3v) is 0.838. The normalized spacial score (nSPS) is 9.25. The van der Waals surface area contributed by atoms with Crippen molar-refractivity contribution in [1.29, 1.82) is 0 Å². The molecule has 0 saturated heterocycles. The minimum Gasteiger partial charge on any atom is -0.468 e. The zero-order valence-electron chi connectivity index (χ0n) is 4.68. The second-order valence-corrected chi connectivity index (χ2v) is 1.42. The Bertz CT molecular complexity index is 167. The molecule has 0 bridgehead atoms. The summed E-state index contributed by atoms with van der Waals surface area (Å²) in [6.07, 6.45) is 0. The summed E-state index contributed by atoms with van der Waals surface area (Å²) in [6.45, 7) is 3.54. The first-order chi connectivity index (χ1) is 3.83. The summed E-state index contributed by atoms with van der Waals surface area (Å²) in [7, 11) is 1.55. The van der Waals surface area contributed by atoms with Crippen LogP contribution in [0, 0.1) is 6.92 Å². The Balaban J connectivity index is 2.84. The average Bonchev–Trinajstić information content (AvgIpc) is 2.14. The second kappa shape index (κ2) is 1.90. The van der Waals surface area contributed by atoms with Gasteiger partial charge in [-0.15, -0.1) is 0 Å². The lowest BCUT2D eigenvalue weighted by Crippen LogP contribution is -1.75. The van der Waals surface area contributed by atoms with E-state index in [-0.39, 0.29) is 0 Å². The highest BCUT2D eigenvalue weighted by Crippen LogP contribution is 2.12. The molecule has 1 rings (SSSR count). The van der Waals surface area contributed by atoms with Crippen molar-refractivity contribution in [2.75, 3.05) is 7.11 Å². The minimum atomic E-state index is 0.509. The second-order valence-electron chi connectivity index (χ2n) is 1.42. The van der Waals surface area contributed by atoms with Crippen LogP contribution in [0.15, 0.2) is 16.5 Å². The van der Waals surface area contributed by atoms with Gasteiger partial charge in [0.05, 0.1) is 7.11 Å². The fourth-order valence-electron chi connectivity index (χ4n) is 0.468. The van der Waals surface area contributed by atoms with Crippen LogP contribution in [-0.2, 0) is 0 Å². The molecule has 0 aliphatic carbocycles. The van der Waals surface area contributed by atoms with Gasteiger partial charge in [-0.25, -0.2) is 0 Å². The average molecular weight is 111 g/mol. The van der Waals surface area contributed by atoms with E-state index < -0.39 is 0 Å². The van der Waals surface area contributed by atoms with Gasteiger partial charge in [0.1, 0.15) is 5.76 Å². The van der Waals surface area contributed by atoms with E-state index in [1.54, 1.807) is 19.2 Å². The molecule has 0 aliphatic heterocycles. The highest BCUT2D eigenvalue weighted by molar-refractivity contribution is 5.12. The molecule has 43 valence electrons. The molecule has 0 saturated carbocycles. The van der Waals surface area contributed by atoms with Crippen molar-refractivity contribution >= 4 is 0 Å². The maximum atomic E-state index is 4.90. The summed E-state index contributed by atoms with van der Waals surface area (Å²) < 4.78 is 9.63. The van der Waals surface area contributed by atoms with Gasteiger partial charge < -0.3 is 9.15 Å². The van der Waals surface area contributed by atoms with Gasteiger partial charge in [0, 0.05) is 13.0 Å². The summed E-state index contributed by atoms with van der Waals surface area (Å²) >= 11 is 0. The monoisotopic (exact) mass is 111 g/mol. The van der Waals surface area contributed by atoms with Crippen LogP contribution >= 0.6 is 0 Å². The summed E-state index contributed by atoms with van der Waals surface area (Å²) in [5, 5.41) is 0. The predicted molar refractivity (Wildman–Crippen MR) is 29.7 cm³/mol. The Morgan fingerprint density at radius 2 is 2.38 bits per heavy atom. The molecule has 0 unspecified atom stereocenters. The van der Waals surface area contributed by atoms with Crippen molar-refractivity contribution in [3.8, 4) is 5.95 Å². The molecule has 1 heterocycles. The van der Waals surface area contributed by atoms with Crippen molar-refractivity contribution in [3.05, 3.63) is 24.8 Å². The van der Waals surface area contributed by atoms with Gasteiger partial charge in [-0.2, -0.15) is 0 Å². The Kier molecular flexibility index (Phi) is 1.24. The number of ether oxygens (including phenoxy) is 1. The van der Waals surface area contributed by atoms with E-state index in [2.05, 4.69) is 6.92 Å². The van der Waals surface area contributed by atoms with Crippen molar-refractivity contribution in [1.82, 2.24) is 0 Å². The Morgan fingerprint density at radius 1 is 1.62 bits per heavy atom. The third kappa shape index (κ3) is 0.832. The van der Waals surface area contributed by atoms with Gasteiger partial charge in [0.25, 0.3) is 5.95 Å². The molecule has 0 fully saturated rings. The van der Waals surface area contributed by atoms with Crippen molar-refractivity contribution in [3.63, 3.8) is 0 Å². The maximum absolute atomic E-state index is 4.90. The molecule has 2 heteroatoms. The number of hydrogen-bond donors (Lipinski definition) is 0. The van der Waals surface area contributed by atoms with Crippen LogP contribution in [0.5, 0.6) is 5.95 Å². The number of methoxy groups -OCH3 is 1. The fraction of sp³-hybridized carbons (Fsp3) is 0.167. The van der Waals surface area contributed by atoms with Crippen LogP contribution in [0.3, 0.4) is 0 Å². The highest BCUT2D eigenvalue weighted by Gasteiger charge is 1.92. The smallest absolute Gasteiger partial charge is 0.284 e. The van der Waals surface area contributed by atoms with E-state index in [0.29, 0.717) is 11.7 Å². The Hall–Kier alpha value is -0.920. The van der Waals surface area contributed by atoms with Gasteiger partial charge in [0.2, 0.25) is 0 Å². The number of furan rings is 1. The number of rotatable bonds is 1. The van der Waals surface area contributed by atoms with E-state index in [9.17, 15) is 0 Å². The topological polar surface area (TPSA) is 22.4 Å². The Labute approximate surface area is 48.1 Å². The van der Waals surface area contributed by atoms with Gasteiger partial charge in [-0.3, -0.25) is 0 Å². The summed E-state index contributed by atoms with van der Waals surface area (Å²) in [6, 6.07) is 3.47. The van der Waals surface area contributed by atoms with Gasteiger partial charge in [-0.05, 0) is 6.07 Å². The molecule has 0 aromatic carbocycles. The van der Waals surface area contributed by atoms with Crippen LogP contribution in [0.4, 0.5) is 0 Å². The first-order valence-electron chi connectivity index (χ1n) is 2.28. The molecule has 0 amide bonds. The lowest BCUT2D eigenvalue weighted by Gasteiger charge is -1.87. The van der Waals surface area contributed by atoms with Crippen molar-refractivity contribution in [2.24, 2.45) is 0 Å². The first kappa shape index (κ1) is 5.22. The molecular formula is C6H7O2. The Morgan fingerprint density at radius 3 is 2.62 bits per heavy atom. The zero-order valence-corrected chi connectivity index (χ0v) is 4.68. The SMILES string of the molecule is [CH2]c1ccc(OC)o1. The van der Waals surface area contributed by atoms with Crippen LogP contribution < -0.4 is 4.74 Å². The van der Waals surface area contributed by atoms with Gasteiger partial charge >= 0.3 is 0 Å². The zero-order chi connectivity index (χ0) is 5.98. The molecule has 1 radical (unpaired) electrons. The van der Waals surface area contributed by atoms with Crippen molar-refractivity contribution in [2.45, 2.75) is 0 Å². The molecule has 0 atom stereocenters. The highest BCUT2D eigenvalue weighted by atomic mass is 16.6. The fourth-order valence-corrected chi connectivity index (χ4v) is 0.468. The molecular weight excluding hydrogens is 104 g/mol. The van der Waals surface area contributed by atoms with Crippen LogP contribution in [0.25, 0.3) is 0 Å². The lowest BCUT2D eigenvalue weighted by molar-refractivity contribution is 0.301. The van der Waals surface area contributed by atoms with E-state index in [4.69, 9.17) is 9.15 Å². The van der Waals surface area contributed by atoms with E-state index in [1.807, 2.05) is 0 Å². The van der Waals surface area contributed by atoms with Gasteiger partial charge in [-0.1, -0.05) is 0 Å². The van der Waals surface area contributed by atoms with E-state index in [1.165, 1.54) is 0 Å². The molecule has 0 spiro atoms. The summed E-state index contributed by atoms with van der Waals surface area (Å²) in [5.74, 6) is 1.14. The lowest BCUT2D eigenvalue weighted by atomic mass is 10.5. The molecule has 0 N–H and O–H groups in total. The quantitative estimate of drug-likeness (QED) is 0.547. The molecule has 0 aliphatic rings. The van der Waals surface area contributed by atoms with E-state index in [0.717, 1.165) is 0 Å². The summed E-state index contributed by atoms with van der Waals surface area (Å²) in [5.41, 5.74) is 0. The van der Waals surface area contributed by atoms with Gasteiger partial charge in [0.15, 0.2) is 0 Å². The van der Waals surface area contributed by atoms with Crippen LogP contribution in [-0.4, -0.2) is 7.11 Å². The minimum absolute atomic E-state index is 0.509.